The van der Waals surface area contributed by atoms with Gasteiger partial charge < -0.3 is 14.9 Å². The fourth-order valence-corrected chi connectivity index (χ4v) is 2.51. The Labute approximate surface area is 114 Å². The van der Waals surface area contributed by atoms with Gasteiger partial charge in [0.15, 0.2) is 0 Å². The number of nitrogens with zero attached hydrogens (tertiary/aromatic N) is 1. The van der Waals surface area contributed by atoms with E-state index in [4.69, 9.17) is 9.84 Å². The summed E-state index contributed by atoms with van der Waals surface area (Å²) >= 11 is 0. The van der Waals surface area contributed by atoms with Crippen LogP contribution in [0.2, 0.25) is 0 Å². The summed E-state index contributed by atoms with van der Waals surface area (Å²) in [5.41, 5.74) is 0.911. The third-order valence-electron chi connectivity index (χ3n) is 3.72. The first-order valence-corrected chi connectivity index (χ1v) is 7.00. The summed E-state index contributed by atoms with van der Waals surface area (Å²) in [6.45, 7) is 5.56. The van der Waals surface area contributed by atoms with Gasteiger partial charge in [0.1, 0.15) is 11.5 Å². The Morgan fingerprint density at radius 2 is 2.05 bits per heavy atom. The second-order valence-electron chi connectivity index (χ2n) is 5.13. The van der Waals surface area contributed by atoms with Crippen molar-refractivity contribution in [3.05, 3.63) is 23.8 Å². The average Bonchev–Trinajstić information content (AvgIpc) is 2.44. The van der Waals surface area contributed by atoms with Crippen molar-refractivity contribution in [1.82, 2.24) is 4.90 Å². The van der Waals surface area contributed by atoms with Crippen molar-refractivity contribution in [3.63, 3.8) is 0 Å². The molecule has 0 amide bonds. The molecule has 0 spiro atoms. The molecule has 1 aliphatic heterocycles. The molecule has 0 atom stereocenters. The van der Waals surface area contributed by atoms with Gasteiger partial charge in [-0.3, -0.25) is 4.90 Å². The van der Waals surface area contributed by atoms with Gasteiger partial charge in [0, 0.05) is 18.7 Å². The van der Waals surface area contributed by atoms with E-state index in [-0.39, 0.29) is 0 Å². The van der Waals surface area contributed by atoms with Crippen LogP contribution in [0.15, 0.2) is 18.2 Å². The van der Waals surface area contributed by atoms with E-state index in [0.717, 1.165) is 43.8 Å². The van der Waals surface area contributed by atoms with Crippen molar-refractivity contribution < 1.29 is 14.9 Å². The average molecular weight is 265 g/mol. The monoisotopic (exact) mass is 265 g/mol. The number of aromatic hydroxyl groups is 1. The lowest BCUT2D eigenvalue weighted by Crippen LogP contribution is -2.34. The molecule has 0 unspecified atom stereocenters. The molecule has 1 aromatic carbocycles. The van der Waals surface area contributed by atoms with Crippen LogP contribution in [0.25, 0.3) is 0 Å². The normalized spacial score (nSPS) is 17.6. The number of piperidine rings is 1. The van der Waals surface area contributed by atoms with Crippen LogP contribution in [0, 0.1) is 5.92 Å². The smallest absolute Gasteiger partial charge is 0.120 e. The van der Waals surface area contributed by atoms with Crippen LogP contribution in [0.1, 0.15) is 25.3 Å². The van der Waals surface area contributed by atoms with Crippen LogP contribution in [0.5, 0.6) is 11.5 Å². The molecule has 1 aromatic rings. The predicted octanol–water partition coefficient (Wildman–Crippen LogP) is 2.00. The second kappa shape index (κ2) is 6.78. The van der Waals surface area contributed by atoms with E-state index in [9.17, 15) is 5.11 Å². The van der Waals surface area contributed by atoms with E-state index in [2.05, 4.69) is 4.90 Å². The molecule has 4 heteroatoms. The van der Waals surface area contributed by atoms with Crippen molar-refractivity contribution in [3.8, 4) is 11.5 Å². The lowest BCUT2D eigenvalue weighted by molar-refractivity contribution is 0.126. The molecule has 19 heavy (non-hydrogen) atoms. The SMILES string of the molecule is CCOc1ccc(O)c(CN2CCC(CO)CC2)c1. The molecule has 1 fully saturated rings. The fraction of sp³-hybridized carbons (Fsp3) is 0.600. The molecule has 0 aliphatic carbocycles. The number of hydrogen-bond acceptors (Lipinski definition) is 4. The number of hydrogen-bond donors (Lipinski definition) is 2. The summed E-state index contributed by atoms with van der Waals surface area (Å²) in [7, 11) is 0. The number of rotatable bonds is 5. The zero-order chi connectivity index (χ0) is 13.7. The molecular formula is C15H23NO3. The zero-order valence-electron chi connectivity index (χ0n) is 11.5. The van der Waals surface area contributed by atoms with E-state index in [1.165, 1.54) is 0 Å². The predicted molar refractivity (Wildman–Crippen MR) is 74.4 cm³/mol. The number of likely N-dealkylation sites (tertiary alicyclic amines) is 1. The minimum Gasteiger partial charge on any atom is -0.508 e. The number of phenols is 1. The number of ether oxygens (including phenoxy) is 1. The minimum atomic E-state index is 0.291. The van der Waals surface area contributed by atoms with E-state index < -0.39 is 0 Å². The van der Waals surface area contributed by atoms with Crippen LogP contribution in [-0.2, 0) is 6.54 Å². The Hall–Kier alpha value is -1.26. The van der Waals surface area contributed by atoms with E-state index in [1.807, 2.05) is 13.0 Å². The first kappa shape index (κ1) is 14.2. The topological polar surface area (TPSA) is 52.9 Å². The van der Waals surface area contributed by atoms with Gasteiger partial charge in [0.05, 0.1) is 6.61 Å². The molecule has 0 radical (unpaired) electrons. The fourth-order valence-electron chi connectivity index (χ4n) is 2.51. The largest absolute Gasteiger partial charge is 0.508 e. The molecule has 2 rings (SSSR count). The Morgan fingerprint density at radius 1 is 1.32 bits per heavy atom. The van der Waals surface area contributed by atoms with E-state index in [1.54, 1.807) is 12.1 Å². The van der Waals surface area contributed by atoms with Gasteiger partial charge >= 0.3 is 0 Å². The first-order valence-electron chi connectivity index (χ1n) is 7.00. The maximum Gasteiger partial charge on any atom is 0.120 e. The van der Waals surface area contributed by atoms with Crippen LogP contribution >= 0.6 is 0 Å². The lowest BCUT2D eigenvalue weighted by atomic mass is 9.97. The van der Waals surface area contributed by atoms with Crippen molar-refractivity contribution in [2.45, 2.75) is 26.3 Å². The van der Waals surface area contributed by atoms with Crippen molar-refractivity contribution in [1.29, 1.82) is 0 Å². The number of benzene rings is 1. The molecule has 1 aliphatic rings. The van der Waals surface area contributed by atoms with Crippen molar-refractivity contribution in [2.75, 3.05) is 26.3 Å². The van der Waals surface area contributed by atoms with Gasteiger partial charge in [0.2, 0.25) is 0 Å². The summed E-state index contributed by atoms with van der Waals surface area (Å²) in [4.78, 5) is 2.32. The molecule has 106 valence electrons. The molecule has 4 nitrogen and oxygen atoms in total. The zero-order valence-corrected chi connectivity index (χ0v) is 11.5. The van der Waals surface area contributed by atoms with E-state index in [0.29, 0.717) is 24.9 Å². The minimum absolute atomic E-state index is 0.291. The maximum absolute atomic E-state index is 9.91. The highest BCUT2D eigenvalue weighted by Crippen LogP contribution is 2.26. The highest BCUT2D eigenvalue weighted by molar-refractivity contribution is 5.39. The Kier molecular flexibility index (Phi) is 5.05. The van der Waals surface area contributed by atoms with Gasteiger partial charge in [-0.1, -0.05) is 0 Å². The van der Waals surface area contributed by atoms with Crippen molar-refractivity contribution in [2.24, 2.45) is 5.92 Å². The molecule has 1 heterocycles. The molecule has 0 saturated carbocycles. The molecule has 0 bridgehead atoms. The van der Waals surface area contributed by atoms with Crippen LogP contribution in [-0.4, -0.2) is 41.4 Å². The Bertz CT molecular complexity index is 400. The highest BCUT2D eigenvalue weighted by Gasteiger charge is 2.19. The number of aliphatic hydroxyl groups is 1. The lowest BCUT2D eigenvalue weighted by Gasteiger charge is -2.31. The van der Waals surface area contributed by atoms with Crippen LogP contribution in [0.3, 0.4) is 0 Å². The molecule has 2 N–H and O–H groups in total. The van der Waals surface area contributed by atoms with Gasteiger partial charge in [-0.15, -0.1) is 0 Å². The van der Waals surface area contributed by atoms with E-state index >= 15 is 0 Å². The quantitative estimate of drug-likeness (QED) is 0.855. The summed E-state index contributed by atoms with van der Waals surface area (Å²) < 4.78 is 5.46. The molecule has 1 saturated heterocycles. The summed E-state index contributed by atoms with van der Waals surface area (Å²) in [6.07, 6.45) is 2.06. The third kappa shape index (κ3) is 3.85. The standard InChI is InChI=1S/C15H23NO3/c1-2-19-14-3-4-15(18)13(9-14)10-16-7-5-12(11-17)6-8-16/h3-4,9,12,17-18H,2,5-8,10-11H2,1H3. The Balaban J connectivity index is 1.96. The summed E-state index contributed by atoms with van der Waals surface area (Å²) in [6, 6.07) is 5.40. The second-order valence-corrected chi connectivity index (χ2v) is 5.13. The van der Waals surface area contributed by atoms with Gasteiger partial charge in [-0.25, -0.2) is 0 Å². The molecule has 0 aromatic heterocycles. The summed E-state index contributed by atoms with van der Waals surface area (Å²) in [5.74, 6) is 1.58. The number of aliphatic hydroxyl groups excluding tert-OH is 1. The third-order valence-corrected chi connectivity index (χ3v) is 3.72. The van der Waals surface area contributed by atoms with Crippen LogP contribution in [0.4, 0.5) is 0 Å². The van der Waals surface area contributed by atoms with Gasteiger partial charge in [-0.05, 0) is 57.0 Å². The molecular weight excluding hydrogens is 242 g/mol. The summed E-state index contributed by atoms with van der Waals surface area (Å²) in [5, 5.41) is 19.0. The first-order chi connectivity index (χ1) is 9.22. The van der Waals surface area contributed by atoms with Gasteiger partial charge in [-0.2, -0.15) is 0 Å². The van der Waals surface area contributed by atoms with Gasteiger partial charge in [0.25, 0.3) is 0 Å². The highest BCUT2D eigenvalue weighted by atomic mass is 16.5. The Morgan fingerprint density at radius 3 is 2.68 bits per heavy atom. The number of phenolic OH excluding ortho intramolecular Hbond substituents is 1. The van der Waals surface area contributed by atoms with Crippen molar-refractivity contribution >= 4 is 0 Å². The van der Waals surface area contributed by atoms with Crippen LogP contribution < -0.4 is 4.74 Å². The maximum atomic E-state index is 9.91.